The molecule has 0 unspecified atom stereocenters. The molecule has 146 valence electrons. The monoisotopic (exact) mass is 380 g/mol. The average molecular weight is 380 g/mol. The lowest BCUT2D eigenvalue weighted by molar-refractivity contribution is -0.121. The molecule has 1 aliphatic rings. The number of carbonyl (C=O) groups excluding carboxylic acids is 3. The molecule has 2 aromatic carbocycles. The maximum absolute atomic E-state index is 13.2. The van der Waals surface area contributed by atoms with Gasteiger partial charge in [0.2, 0.25) is 11.8 Å². The third-order valence-electron chi connectivity index (χ3n) is 4.72. The van der Waals surface area contributed by atoms with Crippen LogP contribution in [-0.2, 0) is 16.1 Å². The summed E-state index contributed by atoms with van der Waals surface area (Å²) in [5.74, 6) is -0.592. The molecule has 0 radical (unpaired) electrons. The fourth-order valence-electron chi connectivity index (χ4n) is 3.14. The van der Waals surface area contributed by atoms with E-state index in [9.17, 15) is 14.4 Å². The summed E-state index contributed by atoms with van der Waals surface area (Å²) in [5.41, 5.74) is 2.83. The van der Waals surface area contributed by atoms with Gasteiger partial charge in [0.05, 0.1) is 11.4 Å². The van der Waals surface area contributed by atoms with Crippen LogP contribution in [0, 0.1) is 0 Å². The number of carbonyl (C=O) groups is 3. The van der Waals surface area contributed by atoms with Crippen molar-refractivity contribution in [3.63, 3.8) is 0 Å². The van der Waals surface area contributed by atoms with Crippen molar-refractivity contribution in [1.29, 1.82) is 0 Å². The van der Waals surface area contributed by atoms with Crippen molar-refractivity contribution in [1.82, 2.24) is 10.2 Å². The molecule has 3 rings (SSSR count). The number of rotatable bonds is 5. The molecule has 0 aromatic heterocycles. The van der Waals surface area contributed by atoms with E-state index in [-0.39, 0.29) is 24.3 Å². The van der Waals surface area contributed by atoms with Gasteiger partial charge in [-0.05, 0) is 23.8 Å². The minimum atomic E-state index is -0.267. The van der Waals surface area contributed by atoms with Gasteiger partial charge in [-0.3, -0.25) is 14.4 Å². The maximum atomic E-state index is 13.2. The third kappa shape index (κ3) is 4.49. The minimum absolute atomic E-state index is 0.0480. The van der Waals surface area contributed by atoms with E-state index in [1.165, 1.54) is 4.90 Å². The fraction of sp³-hybridized carbons (Fsp3) is 0.286. The normalized spacial score (nSPS) is 13.2. The maximum Gasteiger partial charge on any atom is 0.254 e. The number of anilines is 2. The topological polar surface area (TPSA) is 81.8 Å². The average Bonchev–Trinajstić information content (AvgIpc) is 2.85. The molecule has 0 saturated heterocycles. The van der Waals surface area contributed by atoms with Gasteiger partial charge in [0.1, 0.15) is 6.54 Å². The summed E-state index contributed by atoms with van der Waals surface area (Å²) in [6, 6.07) is 14.8. The van der Waals surface area contributed by atoms with Gasteiger partial charge in [-0.15, -0.1) is 0 Å². The van der Waals surface area contributed by atoms with Gasteiger partial charge in [-0.1, -0.05) is 30.3 Å². The van der Waals surface area contributed by atoms with Crippen LogP contribution >= 0.6 is 0 Å². The van der Waals surface area contributed by atoms with Gasteiger partial charge >= 0.3 is 0 Å². The summed E-state index contributed by atoms with van der Waals surface area (Å²) in [7, 11) is 3.45. The summed E-state index contributed by atoms with van der Waals surface area (Å²) in [5, 5.41) is 5.42. The summed E-state index contributed by atoms with van der Waals surface area (Å²) in [6.07, 6.45) is 0.394. The first-order chi connectivity index (χ1) is 13.5. The Morgan fingerprint density at radius 1 is 1.18 bits per heavy atom. The Bertz CT molecular complexity index is 882. The van der Waals surface area contributed by atoms with E-state index < -0.39 is 0 Å². The molecule has 28 heavy (non-hydrogen) atoms. The van der Waals surface area contributed by atoms with Crippen molar-refractivity contribution in [2.75, 3.05) is 37.4 Å². The summed E-state index contributed by atoms with van der Waals surface area (Å²) >= 11 is 0. The molecule has 0 spiro atoms. The molecule has 7 heteroatoms. The third-order valence-corrected chi connectivity index (χ3v) is 4.72. The molecule has 0 fully saturated rings. The molecular formula is C21H24N4O3. The molecule has 7 nitrogen and oxygen atoms in total. The summed E-state index contributed by atoms with van der Waals surface area (Å²) in [6.45, 7) is 0.882. The van der Waals surface area contributed by atoms with Gasteiger partial charge < -0.3 is 20.4 Å². The predicted molar refractivity (Wildman–Crippen MR) is 108 cm³/mol. The van der Waals surface area contributed by atoms with Crippen molar-refractivity contribution in [3.8, 4) is 0 Å². The Morgan fingerprint density at radius 3 is 2.64 bits per heavy atom. The summed E-state index contributed by atoms with van der Waals surface area (Å²) in [4.78, 5) is 40.5. The highest BCUT2D eigenvalue weighted by Gasteiger charge is 2.22. The van der Waals surface area contributed by atoms with E-state index >= 15 is 0 Å². The lowest BCUT2D eigenvalue weighted by atomic mass is 10.1. The highest BCUT2D eigenvalue weighted by Crippen LogP contribution is 2.29. The smallest absolute Gasteiger partial charge is 0.254 e. The van der Waals surface area contributed by atoms with E-state index in [0.29, 0.717) is 30.8 Å². The lowest BCUT2D eigenvalue weighted by Crippen LogP contribution is -2.39. The van der Waals surface area contributed by atoms with E-state index in [2.05, 4.69) is 10.6 Å². The van der Waals surface area contributed by atoms with E-state index in [1.807, 2.05) is 48.3 Å². The van der Waals surface area contributed by atoms with Crippen LogP contribution in [0.5, 0.6) is 0 Å². The molecular weight excluding hydrogens is 356 g/mol. The van der Waals surface area contributed by atoms with Crippen molar-refractivity contribution in [2.24, 2.45) is 0 Å². The molecule has 2 N–H and O–H groups in total. The molecule has 1 heterocycles. The quantitative estimate of drug-likeness (QED) is 0.830. The van der Waals surface area contributed by atoms with Gasteiger partial charge in [-0.25, -0.2) is 0 Å². The molecule has 2 aromatic rings. The first-order valence-corrected chi connectivity index (χ1v) is 9.16. The standard InChI is InChI=1S/C21H24N4O3/c1-22-20(27)14-25(13-15-6-4-3-5-7-15)21(28)16-8-9-18-17(12-16)23-19(26)10-11-24(18)2/h3-9,12H,10-11,13-14H2,1-2H3,(H,22,27)(H,23,26). The molecule has 1 aliphatic heterocycles. The first kappa shape index (κ1) is 19.4. The zero-order chi connectivity index (χ0) is 20.1. The zero-order valence-electron chi connectivity index (χ0n) is 16.1. The number of nitrogens with one attached hydrogen (secondary N) is 2. The molecule has 3 amide bonds. The number of benzene rings is 2. The molecule has 0 saturated carbocycles. The van der Waals surface area contributed by atoms with Crippen molar-refractivity contribution < 1.29 is 14.4 Å². The van der Waals surface area contributed by atoms with Crippen molar-refractivity contribution in [2.45, 2.75) is 13.0 Å². The second kappa shape index (κ2) is 8.56. The van der Waals surface area contributed by atoms with Gasteiger partial charge in [0.25, 0.3) is 5.91 Å². The van der Waals surface area contributed by atoms with E-state index in [0.717, 1.165) is 11.3 Å². The highest BCUT2D eigenvalue weighted by molar-refractivity contribution is 6.01. The number of hydrogen-bond acceptors (Lipinski definition) is 4. The van der Waals surface area contributed by atoms with Crippen LogP contribution in [-0.4, -0.2) is 49.8 Å². The summed E-state index contributed by atoms with van der Waals surface area (Å²) < 4.78 is 0. The van der Waals surface area contributed by atoms with Crippen LogP contribution in [0.4, 0.5) is 11.4 Å². The number of nitrogens with zero attached hydrogens (tertiary/aromatic N) is 2. The Labute approximate surface area is 164 Å². The van der Waals surface area contributed by atoms with Gasteiger partial charge in [0.15, 0.2) is 0 Å². The van der Waals surface area contributed by atoms with Gasteiger partial charge in [-0.2, -0.15) is 0 Å². The van der Waals surface area contributed by atoms with Crippen molar-refractivity contribution in [3.05, 3.63) is 59.7 Å². The fourth-order valence-corrected chi connectivity index (χ4v) is 3.14. The Hall–Kier alpha value is -3.35. The second-order valence-corrected chi connectivity index (χ2v) is 6.77. The molecule has 0 aliphatic carbocycles. The Kier molecular flexibility index (Phi) is 5.93. The zero-order valence-corrected chi connectivity index (χ0v) is 16.1. The van der Waals surface area contributed by atoms with E-state index in [4.69, 9.17) is 0 Å². The first-order valence-electron chi connectivity index (χ1n) is 9.16. The van der Waals surface area contributed by atoms with Crippen LogP contribution < -0.4 is 15.5 Å². The van der Waals surface area contributed by atoms with Crippen LogP contribution in [0.2, 0.25) is 0 Å². The van der Waals surface area contributed by atoms with Crippen LogP contribution in [0.3, 0.4) is 0 Å². The largest absolute Gasteiger partial charge is 0.372 e. The van der Waals surface area contributed by atoms with Gasteiger partial charge in [0, 0.05) is 39.2 Å². The number of hydrogen-bond donors (Lipinski definition) is 2. The number of likely N-dealkylation sites (N-methyl/N-ethyl adjacent to an activating group) is 1. The predicted octanol–water partition coefficient (Wildman–Crippen LogP) is 1.85. The Morgan fingerprint density at radius 2 is 1.93 bits per heavy atom. The van der Waals surface area contributed by atoms with E-state index in [1.54, 1.807) is 19.2 Å². The van der Waals surface area contributed by atoms with Crippen molar-refractivity contribution >= 4 is 29.1 Å². The molecule has 0 bridgehead atoms. The minimum Gasteiger partial charge on any atom is -0.372 e. The number of fused-ring (bicyclic) bond motifs is 1. The van der Waals surface area contributed by atoms with Crippen LogP contribution in [0.15, 0.2) is 48.5 Å². The van der Waals surface area contributed by atoms with Crippen LogP contribution in [0.25, 0.3) is 0 Å². The Balaban J connectivity index is 1.89. The van der Waals surface area contributed by atoms with Crippen LogP contribution in [0.1, 0.15) is 22.3 Å². The number of amides is 3. The second-order valence-electron chi connectivity index (χ2n) is 6.77. The molecule has 0 atom stereocenters. The lowest BCUT2D eigenvalue weighted by Gasteiger charge is -2.23. The highest BCUT2D eigenvalue weighted by atomic mass is 16.2. The SMILES string of the molecule is CNC(=O)CN(Cc1ccccc1)C(=O)c1ccc2c(c1)NC(=O)CCN2C.